The van der Waals surface area contributed by atoms with E-state index in [1.807, 2.05) is 86.6 Å². The molecule has 0 fully saturated rings. The average Bonchev–Trinajstić information content (AvgIpc) is 2.91. The van der Waals surface area contributed by atoms with Gasteiger partial charge in [-0.15, -0.1) is 0 Å². The molecule has 0 aliphatic rings. The molecule has 0 aliphatic heterocycles. The number of nitrogens with one attached hydrogen (secondary N) is 1. The van der Waals surface area contributed by atoms with Crippen LogP contribution >= 0.6 is 0 Å². The lowest BCUT2D eigenvalue weighted by Crippen LogP contribution is -2.48. The number of nitriles is 1. The van der Waals surface area contributed by atoms with Crippen LogP contribution in [0.2, 0.25) is 0 Å². The number of benzene rings is 2. The molecule has 0 radical (unpaired) electrons. The lowest BCUT2D eigenvalue weighted by Gasteiger charge is -2.20. The molecule has 2 heterocycles. The van der Waals surface area contributed by atoms with Crippen LogP contribution < -0.4 is 32.1 Å². The zero-order chi connectivity index (χ0) is 27.2. The van der Waals surface area contributed by atoms with Crippen molar-refractivity contribution in [2.45, 2.75) is 13.0 Å². The summed E-state index contributed by atoms with van der Waals surface area (Å²) in [5, 5.41) is 13.6. The fourth-order valence-corrected chi connectivity index (χ4v) is 3.95. The van der Waals surface area contributed by atoms with E-state index in [9.17, 15) is 10.1 Å². The number of hydrogen-bond acceptors (Lipinski definition) is 8. The van der Waals surface area contributed by atoms with Crippen LogP contribution in [-0.2, 0) is 0 Å². The van der Waals surface area contributed by atoms with Gasteiger partial charge in [0.15, 0.2) is 0 Å². The molecule has 2 aromatic carbocycles. The van der Waals surface area contributed by atoms with Crippen molar-refractivity contribution in [1.82, 2.24) is 19.5 Å². The number of para-hydroxylation sites is 1. The maximum atomic E-state index is 14.1. The Kier molecular flexibility index (Phi) is 7.63. The summed E-state index contributed by atoms with van der Waals surface area (Å²) in [4.78, 5) is 29.1. The molecule has 0 aliphatic carbocycles. The van der Waals surface area contributed by atoms with Crippen molar-refractivity contribution in [3.8, 4) is 11.8 Å². The van der Waals surface area contributed by atoms with Gasteiger partial charge in [-0.3, -0.25) is 9.36 Å². The third-order valence-electron chi connectivity index (χ3n) is 5.85. The summed E-state index contributed by atoms with van der Waals surface area (Å²) >= 11 is 0. The minimum atomic E-state index is -0.533. The van der Waals surface area contributed by atoms with Crippen LogP contribution in [0.25, 0.3) is 17.8 Å². The molecule has 0 amide bonds. The van der Waals surface area contributed by atoms with E-state index < -0.39 is 6.04 Å². The SMILES string of the molecule is C=CC=c1nc(C(C)Nc2nc(N)ncc2C#N)n(-c2ccccc2)c(=O)c1=Cc1ccc(N(C)C)cc1. The first-order chi connectivity index (χ1) is 18.3. The third-order valence-corrected chi connectivity index (χ3v) is 5.85. The molecule has 38 heavy (non-hydrogen) atoms. The van der Waals surface area contributed by atoms with E-state index in [2.05, 4.69) is 27.9 Å². The summed E-state index contributed by atoms with van der Waals surface area (Å²) in [6.07, 6.45) is 6.48. The maximum Gasteiger partial charge on any atom is 0.266 e. The Hall–Kier alpha value is -5.23. The fraction of sp³-hybridized carbons (Fsp3) is 0.138. The van der Waals surface area contributed by atoms with E-state index in [0.29, 0.717) is 22.1 Å². The molecule has 4 aromatic rings. The predicted octanol–water partition coefficient (Wildman–Crippen LogP) is 2.51. The van der Waals surface area contributed by atoms with Crippen molar-refractivity contribution >= 4 is 29.6 Å². The number of rotatable bonds is 7. The van der Waals surface area contributed by atoms with Crippen LogP contribution in [0, 0.1) is 11.3 Å². The van der Waals surface area contributed by atoms with Crippen LogP contribution in [0.5, 0.6) is 0 Å². The first-order valence-electron chi connectivity index (χ1n) is 11.9. The minimum Gasteiger partial charge on any atom is -0.378 e. The Morgan fingerprint density at radius 1 is 1.13 bits per heavy atom. The second kappa shape index (κ2) is 11.2. The molecule has 9 nitrogen and oxygen atoms in total. The van der Waals surface area contributed by atoms with Gasteiger partial charge in [-0.05, 0) is 48.9 Å². The van der Waals surface area contributed by atoms with Crippen molar-refractivity contribution in [2.75, 3.05) is 30.0 Å². The van der Waals surface area contributed by atoms with Gasteiger partial charge in [-0.2, -0.15) is 10.2 Å². The fourth-order valence-electron chi connectivity index (χ4n) is 3.95. The molecular formula is C29H28N8O. The number of aromatic nitrogens is 4. The Morgan fingerprint density at radius 3 is 2.47 bits per heavy atom. The predicted molar refractivity (Wildman–Crippen MR) is 151 cm³/mol. The Bertz CT molecular complexity index is 1680. The number of hydrogen-bond donors (Lipinski definition) is 2. The van der Waals surface area contributed by atoms with Gasteiger partial charge in [0.2, 0.25) is 5.95 Å². The van der Waals surface area contributed by atoms with Gasteiger partial charge < -0.3 is 16.0 Å². The Morgan fingerprint density at radius 2 is 1.84 bits per heavy atom. The third kappa shape index (κ3) is 5.44. The second-order valence-electron chi connectivity index (χ2n) is 8.75. The highest BCUT2D eigenvalue weighted by molar-refractivity contribution is 5.57. The summed E-state index contributed by atoms with van der Waals surface area (Å²) in [5.41, 5.74) is 8.30. The Labute approximate surface area is 220 Å². The van der Waals surface area contributed by atoms with E-state index in [0.717, 1.165) is 11.3 Å². The molecule has 0 spiro atoms. The summed E-state index contributed by atoms with van der Waals surface area (Å²) in [5.74, 6) is 0.709. The quantitative estimate of drug-likeness (QED) is 0.393. The summed E-state index contributed by atoms with van der Waals surface area (Å²) < 4.78 is 1.56. The summed E-state index contributed by atoms with van der Waals surface area (Å²) in [6, 6.07) is 18.7. The lowest BCUT2D eigenvalue weighted by molar-refractivity contribution is 0.707. The second-order valence-corrected chi connectivity index (χ2v) is 8.75. The zero-order valence-electron chi connectivity index (χ0n) is 21.5. The highest BCUT2D eigenvalue weighted by Crippen LogP contribution is 2.20. The zero-order valence-corrected chi connectivity index (χ0v) is 21.5. The molecular weight excluding hydrogens is 476 g/mol. The minimum absolute atomic E-state index is 0.0259. The molecule has 0 bridgehead atoms. The van der Waals surface area contributed by atoms with E-state index in [4.69, 9.17) is 10.7 Å². The van der Waals surface area contributed by atoms with Crippen molar-refractivity contribution in [1.29, 1.82) is 5.26 Å². The molecule has 2 aromatic heterocycles. The molecule has 1 unspecified atom stereocenters. The smallest absolute Gasteiger partial charge is 0.266 e. The van der Waals surface area contributed by atoms with E-state index in [1.54, 1.807) is 16.7 Å². The lowest BCUT2D eigenvalue weighted by atomic mass is 10.1. The van der Waals surface area contributed by atoms with E-state index in [-0.39, 0.29) is 22.9 Å². The summed E-state index contributed by atoms with van der Waals surface area (Å²) in [6.45, 7) is 5.65. The largest absolute Gasteiger partial charge is 0.378 e. The maximum absolute atomic E-state index is 14.1. The van der Waals surface area contributed by atoms with Gasteiger partial charge in [-0.1, -0.05) is 43.0 Å². The average molecular weight is 505 g/mol. The van der Waals surface area contributed by atoms with Crippen molar-refractivity contribution in [3.05, 3.63) is 111 Å². The van der Waals surface area contributed by atoms with Crippen LogP contribution in [0.4, 0.5) is 17.5 Å². The molecule has 190 valence electrons. The Balaban J connectivity index is 1.96. The highest BCUT2D eigenvalue weighted by Gasteiger charge is 2.19. The monoisotopic (exact) mass is 504 g/mol. The molecule has 3 N–H and O–H groups in total. The van der Waals surface area contributed by atoms with Gasteiger partial charge in [0.25, 0.3) is 5.56 Å². The van der Waals surface area contributed by atoms with Gasteiger partial charge in [-0.25, -0.2) is 9.97 Å². The first kappa shape index (κ1) is 25.9. The van der Waals surface area contributed by atoms with Crippen LogP contribution in [-0.4, -0.2) is 33.6 Å². The molecule has 0 saturated carbocycles. The topological polar surface area (TPSA) is 126 Å². The number of allylic oxidation sites excluding steroid dienone is 1. The van der Waals surface area contributed by atoms with Gasteiger partial charge in [0, 0.05) is 19.8 Å². The molecule has 0 saturated heterocycles. The van der Waals surface area contributed by atoms with Crippen LogP contribution in [0.3, 0.4) is 0 Å². The van der Waals surface area contributed by atoms with Crippen molar-refractivity contribution < 1.29 is 0 Å². The normalized spacial score (nSPS) is 12.6. The highest BCUT2D eigenvalue weighted by atomic mass is 16.1. The first-order valence-corrected chi connectivity index (χ1v) is 11.9. The van der Waals surface area contributed by atoms with E-state index >= 15 is 0 Å². The van der Waals surface area contributed by atoms with Crippen molar-refractivity contribution in [3.63, 3.8) is 0 Å². The van der Waals surface area contributed by atoms with Gasteiger partial charge in [0.1, 0.15) is 23.3 Å². The molecule has 1 atom stereocenters. The van der Waals surface area contributed by atoms with Crippen LogP contribution in [0.15, 0.2) is 78.2 Å². The van der Waals surface area contributed by atoms with Gasteiger partial charge >= 0.3 is 0 Å². The summed E-state index contributed by atoms with van der Waals surface area (Å²) in [7, 11) is 3.95. The number of nitrogens with two attached hydrogens (primary N) is 1. The van der Waals surface area contributed by atoms with Crippen LogP contribution in [0.1, 0.15) is 29.9 Å². The number of nitrogen functional groups attached to an aromatic ring is 1. The molecule has 4 rings (SSSR count). The van der Waals surface area contributed by atoms with Crippen molar-refractivity contribution in [2.24, 2.45) is 0 Å². The number of anilines is 3. The number of nitrogens with zero attached hydrogens (tertiary/aromatic N) is 6. The molecule has 9 heteroatoms. The van der Waals surface area contributed by atoms with Gasteiger partial charge in [0.05, 0.1) is 28.5 Å². The standard InChI is InChI=1S/C29H28N8O/c1-5-9-25-24(16-20-12-14-22(15-13-20)36(3)4)28(38)37(23-10-7-6-8-11-23)27(34-25)19(2)33-26-21(17-30)18-32-29(31)35-26/h5-16,18-19H,1H2,2-4H3,(H3,31,32,33,35). The van der Waals surface area contributed by atoms with E-state index in [1.165, 1.54) is 6.20 Å².